The highest BCUT2D eigenvalue weighted by Gasteiger charge is 1.94. The maximum atomic E-state index is 9.96. The van der Waals surface area contributed by atoms with Crippen LogP contribution in [-0.4, -0.2) is 6.29 Å². The van der Waals surface area contributed by atoms with E-state index < -0.39 is 0 Å². The van der Waals surface area contributed by atoms with Gasteiger partial charge in [-0.25, -0.2) is 0 Å². The van der Waals surface area contributed by atoms with Gasteiger partial charge < -0.3 is 0 Å². The third-order valence-electron chi connectivity index (χ3n) is 4.44. The molecule has 0 aromatic carbocycles. The number of carbonyl (C=O) groups excluding carboxylic acids is 1. The summed E-state index contributed by atoms with van der Waals surface area (Å²) in [4.78, 5) is 9.96. The molecule has 0 aliphatic heterocycles. The largest absolute Gasteiger partial charge is 0.289 e. The average Bonchev–Trinajstić information content (AvgIpc) is 2.60. The van der Waals surface area contributed by atoms with Crippen molar-refractivity contribution in [2.24, 2.45) is 0 Å². The number of carbonyl (C=O) groups is 1. The Bertz CT molecular complexity index is 374. The van der Waals surface area contributed by atoms with Crippen LogP contribution in [0, 0.1) is 23.7 Å². The van der Waals surface area contributed by atoms with Crippen LogP contribution in [0.5, 0.6) is 0 Å². The van der Waals surface area contributed by atoms with Crippen LogP contribution >= 0.6 is 0 Å². The molecule has 0 amide bonds. The molecule has 0 aromatic heterocycles. The molecule has 0 N–H and O–H groups in total. The summed E-state index contributed by atoms with van der Waals surface area (Å²) in [5.41, 5.74) is 0. The molecule has 0 spiro atoms. The van der Waals surface area contributed by atoms with Crippen LogP contribution < -0.4 is 0 Å². The highest BCUT2D eigenvalue weighted by Crippen LogP contribution is 2.13. The highest BCUT2D eigenvalue weighted by atomic mass is 16.1. The first-order valence-electron chi connectivity index (χ1n) is 10.3. The fourth-order valence-corrected chi connectivity index (χ4v) is 2.93. The lowest BCUT2D eigenvalue weighted by molar-refractivity contribution is -0.103. The van der Waals surface area contributed by atoms with Gasteiger partial charge >= 0.3 is 0 Å². The van der Waals surface area contributed by atoms with Gasteiger partial charge in [-0.2, -0.15) is 0 Å². The lowest BCUT2D eigenvalue weighted by Gasteiger charge is -2.03. The SMILES string of the molecule is CCCCCCCCCCCCCCCCCCC#CC#CC=O. The molecule has 0 saturated heterocycles. The Morgan fingerprint density at radius 2 is 1.00 bits per heavy atom. The van der Waals surface area contributed by atoms with Crippen molar-refractivity contribution in [2.45, 2.75) is 116 Å². The summed E-state index contributed by atoms with van der Waals surface area (Å²) in [6.45, 7) is 2.28. The van der Waals surface area contributed by atoms with Crippen molar-refractivity contribution in [2.75, 3.05) is 0 Å². The van der Waals surface area contributed by atoms with Gasteiger partial charge in [-0.3, -0.25) is 4.79 Å². The van der Waals surface area contributed by atoms with Gasteiger partial charge in [0.05, 0.1) is 0 Å². The van der Waals surface area contributed by atoms with Crippen LogP contribution in [0.3, 0.4) is 0 Å². The summed E-state index contributed by atoms with van der Waals surface area (Å²) in [5.74, 6) is 10.5. The first-order valence-corrected chi connectivity index (χ1v) is 10.3. The minimum absolute atomic E-state index is 0.587. The van der Waals surface area contributed by atoms with Crippen LogP contribution in [0.4, 0.5) is 0 Å². The van der Waals surface area contributed by atoms with Gasteiger partial charge in [0.2, 0.25) is 0 Å². The van der Waals surface area contributed by atoms with E-state index in [1.807, 2.05) is 0 Å². The van der Waals surface area contributed by atoms with Gasteiger partial charge in [-0.1, -0.05) is 109 Å². The molecular formula is C23H38O. The molecule has 0 heterocycles. The fraction of sp³-hybridized carbons (Fsp3) is 0.783. The number of aldehydes is 1. The first kappa shape index (κ1) is 22.8. The van der Waals surface area contributed by atoms with E-state index in [-0.39, 0.29) is 0 Å². The van der Waals surface area contributed by atoms with Gasteiger partial charge in [0, 0.05) is 6.42 Å². The van der Waals surface area contributed by atoms with Crippen molar-refractivity contribution < 1.29 is 4.79 Å². The van der Waals surface area contributed by atoms with Crippen molar-refractivity contribution in [1.82, 2.24) is 0 Å². The monoisotopic (exact) mass is 330 g/mol. The van der Waals surface area contributed by atoms with E-state index in [0.717, 1.165) is 12.8 Å². The van der Waals surface area contributed by atoms with Crippen LogP contribution in [0.1, 0.15) is 116 Å². The van der Waals surface area contributed by atoms with Crippen molar-refractivity contribution in [3.63, 3.8) is 0 Å². The second kappa shape index (κ2) is 21.8. The third kappa shape index (κ3) is 20.8. The molecule has 0 aliphatic carbocycles. The Hall–Kier alpha value is -1.21. The standard InChI is InChI=1S/C23H38O/c1-2-3-4-5-6-7-8-9-10-11-12-13-14-15-16-17-18-19-20-21-22-23-24/h23H,2-18H2,1H3. The van der Waals surface area contributed by atoms with E-state index >= 15 is 0 Å². The number of hydrogen-bond acceptors (Lipinski definition) is 1. The smallest absolute Gasteiger partial charge is 0.193 e. The molecule has 1 heteroatoms. The van der Waals surface area contributed by atoms with E-state index in [1.54, 1.807) is 0 Å². The Morgan fingerprint density at radius 1 is 0.583 bits per heavy atom. The summed E-state index contributed by atoms with van der Waals surface area (Å²) in [6, 6.07) is 0. The Labute approximate surface area is 151 Å². The number of hydrogen-bond donors (Lipinski definition) is 0. The van der Waals surface area contributed by atoms with Crippen molar-refractivity contribution >= 4 is 6.29 Å². The lowest BCUT2D eigenvalue weighted by atomic mass is 10.0. The molecule has 0 aromatic rings. The maximum Gasteiger partial charge on any atom is 0.193 e. The predicted octanol–water partition coefficient (Wildman–Crippen LogP) is 6.84. The Kier molecular flexibility index (Phi) is 20.7. The molecule has 0 fully saturated rings. The molecule has 0 unspecified atom stereocenters. The summed E-state index contributed by atoms with van der Waals surface area (Å²) in [7, 11) is 0. The molecule has 0 bridgehead atoms. The predicted molar refractivity (Wildman–Crippen MR) is 106 cm³/mol. The van der Waals surface area contributed by atoms with Crippen molar-refractivity contribution in [3.05, 3.63) is 0 Å². The minimum Gasteiger partial charge on any atom is -0.289 e. The molecule has 0 radical (unpaired) electrons. The molecule has 24 heavy (non-hydrogen) atoms. The topological polar surface area (TPSA) is 17.1 Å². The van der Waals surface area contributed by atoms with Gasteiger partial charge in [-0.05, 0) is 24.2 Å². The number of unbranched alkanes of at least 4 members (excludes halogenated alkanes) is 16. The molecular weight excluding hydrogens is 292 g/mol. The van der Waals surface area contributed by atoms with Crippen molar-refractivity contribution in [3.8, 4) is 23.7 Å². The van der Waals surface area contributed by atoms with Gasteiger partial charge in [-0.15, -0.1) is 0 Å². The van der Waals surface area contributed by atoms with Crippen LogP contribution in [0.25, 0.3) is 0 Å². The summed E-state index contributed by atoms with van der Waals surface area (Å²) in [6.07, 6.45) is 23.8. The zero-order valence-electron chi connectivity index (χ0n) is 16.0. The summed E-state index contributed by atoms with van der Waals surface area (Å²) in [5, 5.41) is 0. The second-order valence-electron chi connectivity index (χ2n) is 6.74. The van der Waals surface area contributed by atoms with Crippen LogP contribution in [-0.2, 0) is 4.79 Å². The fourth-order valence-electron chi connectivity index (χ4n) is 2.93. The Balaban J connectivity index is 3.07. The summed E-state index contributed by atoms with van der Waals surface area (Å²) < 4.78 is 0. The number of rotatable bonds is 16. The van der Waals surface area contributed by atoms with Gasteiger partial charge in [0.25, 0.3) is 0 Å². The maximum absolute atomic E-state index is 9.96. The lowest BCUT2D eigenvalue weighted by Crippen LogP contribution is -1.83. The molecule has 0 saturated carbocycles. The minimum atomic E-state index is 0.587. The third-order valence-corrected chi connectivity index (χ3v) is 4.44. The van der Waals surface area contributed by atoms with Crippen LogP contribution in [0.15, 0.2) is 0 Å². The molecule has 0 rings (SSSR count). The highest BCUT2D eigenvalue weighted by molar-refractivity contribution is 5.73. The molecule has 136 valence electrons. The van der Waals surface area contributed by atoms with Gasteiger partial charge in [0.1, 0.15) is 0 Å². The second-order valence-corrected chi connectivity index (χ2v) is 6.74. The summed E-state index contributed by atoms with van der Waals surface area (Å²) >= 11 is 0. The van der Waals surface area contributed by atoms with E-state index in [0.29, 0.717) is 6.29 Å². The molecule has 0 aliphatic rings. The first-order chi connectivity index (χ1) is 11.9. The quantitative estimate of drug-likeness (QED) is 0.172. The van der Waals surface area contributed by atoms with E-state index in [9.17, 15) is 4.79 Å². The van der Waals surface area contributed by atoms with Gasteiger partial charge in [0.15, 0.2) is 6.29 Å². The van der Waals surface area contributed by atoms with Crippen LogP contribution in [0.2, 0.25) is 0 Å². The Morgan fingerprint density at radius 3 is 1.42 bits per heavy atom. The zero-order valence-corrected chi connectivity index (χ0v) is 16.0. The van der Waals surface area contributed by atoms with E-state index in [1.165, 1.54) is 96.3 Å². The van der Waals surface area contributed by atoms with Crippen molar-refractivity contribution in [1.29, 1.82) is 0 Å². The molecule has 0 atom stereocenters. The molecule has 1 nitrogen and oxygen atoms in total. The average molecular weight is 331 g/mol. The van der Waals surface area contributed by atoms with E-state index in [4.69, 9.17) is 0 Å². The van der Waals surface area contributed by atoms with E-state index in [2.05, 4.69) is 30.6 Å². The normalized spacial score (nSPS) is 9.71. The zero-order chi connectivity index (χ0) is 17.6.